The van der Waals surface area contributed by atoms with Crippen molar-refractivity contribution in [2.75, 3.05) is 20.2 Å². The van der Waals surface area contributed by atoms with Crippen molar-refractivity contribution in [3.63, 3.8) is 0 Å². The molecule has 0 heterocycles. The molecule has 0 aliphatic rings. The molecule has 1 amide bonds. The van der Waals surface area contributed by atoms with Gasteiger partial charge < -0.3 is 14.7 Å². The topological polar surface area (TPSA) is 49.8 Å². The molecule has 0 fully saturated rings. The van der Waals surface area contributed by atoms with Crippen LogP contribution in [-0.4, -0.2) is 42.4 Å². The molecular formula is C42H77NO3. The molecule has 1 atom stereocenters. The second kappa shape index (κ2) is 37.6. The van der Waals surface area contributed by atoms with Crippen molar-refractivity contribution in [1.82, 2.24) is 4.90 Å². The Hall–Kier alpha value is -1.81. The lowest BCUT2D eigenvalue weighted by Crippen LogP contribution is -2.32. The van der Waals surface area contributed by atoms with E-state index in [1.54, 1.807) is 11.9 Å². The molecule has 0 aliphatic carbocycles. The van der Waals surface area contributed by atoms with E-state index in [1.807, 2.05) is 0 Å². The summed E-state index contributed by atoms with van der Waals surface area (Å²) in [6.07, 6.45) is 50.8. The molecule has 0 spiro atoms. The van der Waals surface area contributed by atoms with Crippen LogP contribution in [0.4, 0.5) is 4.79 Å². The van der Waals surface area contributed by atoms with Crippen molar-refractivity contribution < 1.29 is 14.6 Å². The number of hydrogen-bond acceptors (Lipinski definition) is 3. The third-order valence-electron chi connectivity index (χ3n) is 8.68. The summed E-state index contributed by atoms with van der Waals surface area (Å²) in [7, 11) is 1.77. The zero-order chi connectivity index (χ0) is 33.6. The fourth-order valence-electron chi connectivity index (χ4n) is 5.61. The summed E-state index contributed by atoms with van der Waals surface area (Å²) in [5, 5.41) is 9.11. The highest BCUT2D eigenvalue weighted by Gasteiger charge is 2.17. The predicted molar refractivity (Wildman–Crippen MR) is 203 cm³/mol. The minimum atomic E-state index is -0.237. The van der Waals surface area contributed by atoms with Gasteiger partial charge >= 0.3 is 6.09 Å². The van der Waals surface area contributed by atoms with E-state index < -0.39 is 0 Å². The SMILES string of the molecule is CCCCCC=CCC=CCCCCCCCCC(CCCCCCCCC=CC/C=C\CCCCC)OC(=O)N(C)CCCO. The number of aliphatic hydroxyl groups excluding tert-OH is 1. The first-order valence-corrected chi connectivity index (χ1v) is 19.8. The number of nitrogens with zero attached hydrogens (tertiary/aromatic N) is 1. The fraction of sp³-hybridized carbons (Fsp3) is 0.786. The van der Waals surface area contributed by atoms with Crippen LogP contribution in [0.15, 0.2) is 48.6 Å². The van der Waals surface area contributed by atoms with Gasteiger partial charge in [0.1, 0.15) is 6.10 Å². The van der Waals surface area contributed by atoms with E-state index >= 15 is 0 Å². The van der Waals surface area contributed by atoms with E-state index in [-0.39, 0.29) is 18.8 Å². The van der Waals surface area contributed by atoms with Gasteiger partial charge in [0.2, 0.25) is 0 Å². The number of hydrogen-bond donors (Lipinski definition) is 1. The summed E-state index contributed by atoms with van der Waals surface area (Å²) >= 11 is 0. The predicted octanol–water partition coefficient (Wildman–Crippen LogP) is 13.2. The molecule has 4 nitrogen and oxygen atoms in total. The van der Waals surface area contributed by atoms with Gasteiger partial charge in [-0.1, -0.05) is 140 Å². The van der Waals surface area contributed by atoms with E-state index in [9.17, 15) is 4.79 Å². The molecule has 0 aromatic rings. The first kappa shape index (κ1) is 44.2. The number of amides is 1. The van der Waals surface area contributed by atoms with Crippen molar-refractivity contribution in [1.29, 1.82) is 0 Å². The monoisotopic (exact) mass is 644 g/mol. The highest BCUT2D eigenvalue weighted by Crippen LogP contribution is 2.18. The Kier molecular flexibility index (Phi) is 36.2. The summed E-state index contributed by atoms with van der Waals surface area (Å²) in [5.41, 5.74) is 0. The molecule has 0 saturated heterocycles. The average Bonchev–Trinajstić information content (AvgIpc) is 3.06. The molecule has 1 N–H and O–H groups in total. The van der Waals surface area contributed by atoms with Crippen molar-refractivity contribution in [2.24, 2.45) is 0 Å². The maximum Gasteiger partial charge on any atom is 0.409 e. The maximum absolute atomic E-state index is 12.6. The normalized spacial score (nSPS) is 12.8. The lowest BCUT2D eigenvalue weighted by Gasteiger charge is -2.23. The molecule has 4 heteroatoms. The van der Waals surface area contributed by atoms with E-state index in [0.717, 1.165) is 38.5 Å². The van der Waals surface area contributed by atoms with Gasteiger partial charge in [0.25, 0.3) is 0 Å². The largest absolute Gasteiger partial charge is 0.446 e. The second-order valence-corrected chi connectivity index (χ2v) is 13.3. The van der Waals surface area contributed by atoms with Gasteiger partial charge in [-0.25, -0.2) is 4.79 Å². The Balaban J connectivity index is 4.05. The molecule has 0 aromatic carbocycles. The van der Waals surface area contributed by atoms with Crippen LogP contribution < -0.4 is 0 Å². The Morgan fingerprint density at radius 1 is 0.543 bits per heavy atom. The number of rotatable bonds is 34. The number of carbonyl (C=O) groups is 1. The lowest BCUT2D eigenvalue weighted by molar-refractivity contribution is 0.0571. The molecule has 0 aliphatic heterocycles. The zero-order valence-electron chi connectivity index (χ0n) is 30.9. The van der Waals surface area contributed by atoms with Gasteiger partial charge in [-0.3, -0.25) is 0 Å². The van der Waals surface area contributed by atoms with Crippen LogP contribution in [0.3, 0.4) is 0 Å². The Morgan fingerprint density at radius 3 is 1.30 bits per heavy atom. The van der Waals surface area contributed by atoms with E-state index in [0.29, 0.717) is 13.0 Å². The lowest BCUT2D eigenvalue weighted by atomic mass is 10.0. The number of unbranched alkanes of at least 4 members (excludes halogenated alkanes) is 18. The summed E-state index contributed by atoms with van der Waals surface area (Å²) in [5.74, 6) is 0. The Bertz CT molecular complexity index is 693. The summed E-state index contributed by atoms with van der Waals surface area (Å²) in [6, 6.07) is 0. The smallest absolute Gasteiger partial charge is 0.409 e. The van der Waals surface area contributed by atoms with E-state index in [4.69, 9.17) is 9.84 Å². The van der Waals surface area contributed by atoms with Crippen LogP contribution >= 0.6 is 0 Å². The van der Waals surface area contributed by atoms with Gasteiger partial charge in [0.15, 0.2) is 0 Å². The molecular weight excluding hydrogens is 566 g/mol. The van der Waals surface area contributed by atoms with Gasteiger partial charge in [0, 0.05) is 20.2 Å². The van der Waals surface area contributed by atoms with E-state index in [2.05, 4.69) is 62.5 Å². The number of carbonyl (C=O) groups excluding carboxylic acids is 1. The zero-order valence-corrected chi connectivity index (χ0v) is 30.9. The second-order valence-electron chi connectivity index (χ2n) is 13.3. The van der Waals surface area contributed by atoms with Crippen LogP contribution in [0.1, 0.15) is 187 Å². The van der Waals surface area contributed by atoms with E-state index in [1.165, 1.54) is 128 Å². The summed E-state index contributed by atoms with van der Waals surface area (Å²) in [4.78, 5) is 14.2. The van der Waals surface area contributed by atoms with Crippen LogP contribution in [0.5, 0.6) is 0 Å². The standard InChI is InChI=1S/C42H77NO3/c1-4-6-8-10-12-14-16-18-20-22-24-26-28-30-32-34-37-41(46-42(45)43(3)39-36-40-44)38-35-33-31-29-27-25-23-21-19-17-15-13-11-9-7-5-2/h12-15,18-21,41,44H,4-11,16-17,22-40H2,1-3H3/b14-12-,15-13?,20-18?,21-19?. The molecule has 0 radical (unpaired) electrons. The third-order valence-corrected chi connectivity index (χ3v) is 8.68. The van der Waals surface area contributed by atoms with Crippen LogP contribution in [0.25, 0.3) is 0 Å². The van der Waals surface area contributed by atoms with Crippen LogP contribution in [-0.2, 0) is 4.74 Å². The summed E-state index contributed by atoms with van der Waals surface area (Å²) < 4.78 is 5.94. The van der Waals surface area contributed by atoms with Gasteiger partial charge in [-0.15, -0.1) is 0 Å². The first-order valence-electron chi connectivity index (χ1n) is 19.8. The van der Waals surface area contributed by atoms with Gasteiger partial charge in [-0.05, 0) is 96.3 Å². The molecule has 0 bridgehead atoms. The third kappa shape index (κ3) is 33.6. The van der Waals surface area contributed by atoms with Gasteiger partial charge in [0.05, 0.1) is 0 Å². The van der Waals surface area contributed by atoms with Crippen molar-refractivity contribution in [3.8, 4) is 0 Å². The van der Waals surface area contributed by atoms with Crippen LogP contribution in [0, 0.1) is 0 Å². The number of aliphatic hydroxyl groups is 1. The highest BCUT2D eigenvalue weighted by atomic mass is 16.6. The van der Waals surface area contributed by atoms with Gasteiger partial charge in [-0.2, -0.15) is 0 Å². The molecule has 46 heavy (non-hydrogen) atoms. The number of allylic oxidation sites excluding steroid dienone is 8. The quantitative estimate of drug-likeness (QED) is 0.0560. The van der Waals surface area contributed by atoms with Crippen molar-refractivity contribution in [3.05, 3.63) is 48.6 Å². The molecule has 1 unspecified atom stereocenters. The number of ether oxygens (including phenoxy) is 1. The van der Waals surface area contributed by atoms with Crippen LogP contribution in [0.2, 0.25) is 0 Å². The molecule has 0 saturated carbocycles. The first-order chi connectivity index (χ1) is 22.7. The fourth-order valence-corrected chi connectivity index (χ4v) is 5.61. The Labute approximate surface area is 287 Å². The molecule has 0 rings (SSSR count). The average molecular weight is 644 g/mol. The minimum Gasteiger partial charge on any atom is -0.446 e. The highest BCUT2D eigenvalue weighted by molar-refractivity contribution is 5.67. The Morgan fingerprint density at radius 2 is 0.913 bits per heavy atom. The summed E-state index contributed by atoms with van der Waals surface area (Å²) in [6.45, 7) is 5.15. The minimum absolute atomic E-state index is 0.0146. The van der Waals surface area contributed by atoms with Crippen molar-refractivity contribution in [2.45, 2.75) is 193 Å². The molecule has 268 valence electrons. The maximum atomic E-state index is 12.6. The molecule has 0 aromatic heterocycles. The van der Waals surface area contributed by atoms with Crippen molar-refractivity contribution >= 4 is 6.09 Å².